The average molecular weight is 598 g/mol. The van der Waals surface area contributed by atoms with Gasteiger partial charge in [-0.1, -0.05) is 60.7 Å². The van der Waals surface area contributed by atoms with Crippen LogP contribution in [0.5, 0.6) is 0 Å². The topological polar surface area (TPSA) is 106 Å². The van der Waals surface area contributed by atoms with Gasteiger partial charge in [0.15, 0.2) is 6.10 Å². The maximum atomic E-state index is 14.2. The molecule has 206 valence electrons. The van der Waals surface area contributed by atoms with Crippen molar-refractivity contribution in [1.82, 2.24) is 4.90 Å². The lowest BCUT2D eigenvalue weighted by Crippen LogP contribution is -2.46. The first-order chi connectivity index (χ1) is 18.9. The average Bonchev–Trinajstić information content (AvgIpc) is 3.48. The highest BCUT2D eigenvalue weighted by molar-refractivity contribution is 9.10. The van der Waals surface area contributed by atoms with Gasteiger partial charge in [0.25, 0.3) is 0 Å². The molecule has 0 spiro atoms. The van der Waals surface area contributed by atoms with Gasteiger partial charge in [-0.3, -0.25) is 9.59 Å². The van der Waals surface area contributed by atoms with Crippen molar-refractivity contribution in [2.45, 2.75) is 51.2 Å². The normalized spacial score (nSPS) is 16.5. The molecule has 3 atom stereocenters. The van der Waals surface area contributed by atoms with Crippen LogP contribution in [0.25, 0.3) is 0 Å². The summed E-state index contributed by atoms with van der Waals surface area (Å²) in [5, 5.41) is 9.14. The lowest BCUT2D eigenvalue weighted by atomic mass is 9.90. The number of carbonyl (C=O) groups is 3. The van der Waals surface area contributed by atoms with E-state index in [4.69, 9.17) is 19.0 Å². The molecule has 1 N–H and O–H groups in total. The molecule has 0 saturated carbocycles. The van der Waals surface area contributed by atoms with E-state index in [1.807, 2.05) is 60.7 Å². The summed E-state index contributed by atoms with van der Waals surface area (Å²) >= 11 is 3.51. The molecule has 2 heterocycles. The number of rotatable bonds is 12. The highest BCUT2D eigenvalue weighted by Crippen LogP contribution is 2.37. The Balaban J connectivity index is 1.70. The Morgan fingerprint density at radius 3 is 2.38 bits per heavy atom. The number of hydrogen-bond acceptors (Lipinski definition) is 7. The molecular formula is C30H32BrNO7. The van der Waals surface area contributed by atoms with E-state index in [1.165, 1.54) is 6.92 Å². The Bertz CT molecular complexity index is 1260. The van der Waals surface area contributed by atoms with Gasteiger partial charge in [-0.15, -0.1) is 0 Å². The van der Waals surface area contributed by atoms with Crippen LogP contribution in [0.3, 0.4) is 0 Å². The predicted octanol–water partition coefficient (Wildman–Crippen LogP) is 5.41. The van der Waals surface area contributed by atoms with E-state index in [1.54, 1.807) is 6.07 Å². The third-order valence-corrected chi connectivity index (χ3v) is 7.33. The van der Waals surface area contributed by atoms with Crippen LogP contribution in [0, 0.1) is 5.92 Å². The molecule has 2 aromatic carbocycles. The SMILES string of the molecule is CC(=O)O[C@H](c1cc(Br)c(CCCCO)o1)[C@H](Cc1ccccc1)C(=O)N1C(=O)OC[C@@H]1Cc1ccccc1. The minimum atomic E-state index is -1.08. The largest absolute Gasteiger partial charge is 0.461 e. The minimum absolute atomic E-state index is 0.0744. The van der Waals surface area contributed by atoms with Crippen LogP contribution in [-0.4, -0.2) is 47.2 Å². The second-order valence-electron chi connectivity index (χ2n) is 9.56. The number of aliphatic hydroxyl groups excluding tert-OH is 1. The van der Waals surface area contributed by atoms with E-state index >= 15 is 0 Å². The lowest BCUT2D eigenvalue weighted by Gasteiger charge is -2.29. The van der Waals surface area contributed by atoms with Crippen molar-refractivity contribution in [3.8, 4) is 0 Å². The van der Waals surface area contributed by atoms with Gasteiger partial charge < -0.3 is 19.0 Å². The maximum absolute atomic E-state index is 14.2. The van der Waals surface area contributed by atoms with Crippen molar-refractivity contribution in [1.29, 1.82) is 0 Å². The van der Waals surface area contributed by atoms with Gasteiger partial charge in [0.2, 0.25) is 5.91 Å². The standard InChI is InChI=1S/C30H32BrNO7/c1-20(34)38-28(27-18-25(31)26(39-27)14-8-9-15-33)24(17-22-12-6-3-7-13-22)29(35)32-23(19-37-30(32)36)16-21-10-4-2-5-11-21/h2-7,10-13,18,23-24,28,33H,8-9,14-17,19H2,1H3/t23-,24-,28-/m0/s1. The molecule has 3 aromatic rings. The molecular weight excluding hydrogens is 566 g/mol. The van der Waals surface area contributed by atoms with Gasteiger partial charge in [-0.05, 0) is 58.8 Å². The van der Waals surface area contributed by atoms with E-state index in [0.717, 1.165) is 16.0 Å². The zero-order valence-electron chi connectivity index (χ0n) is 21.8. The van der Waals surface area contributed by atoms with E-state index < -0.39 is 36.0 Å². The molecule has 1 aliphatic heterocycles. The first-order valence-electron chi connectivity index (χ1n) is 13.0. The second kappa shape index (κ2) is 13.6. The third-order valence-electron chi connectivity index (χ3n) is 6.66. The van der Waals surface area contributed by atoms with Crippen molar-refractivity contribution < 1.29 is 33.4 Å². The number of cyclic esters (lactones) is 1. The number of unbranched alkanes of at least 4 members (excludes halogenated alkanes) is 1. The van der Waals surface area contributed by atoms with Crippen molar-refractivity contribution >= 4 is 33.9 Å². The summed E-state index contributed by atoms with van der Waals surface area (Å²) in [5.74, 6) is -1.10. The number of carbonyl (C=O) groups excluding carboxylic acids is 3. The molecule has 8 nitrogen and oxygen atoms in total. The number of aliphatic hydroxyl groups is 1. The molecule has 4 rings (SSSR count). The molecule has 39 heavy (non-hydrogen) atoms. The Morgan fingerprint density at radius 2 is 1.74 bits per heavy atom. The number of ether oxygens (including phenoxy) is 2. The number of imide groups is 1. The minimum Gasteiger partial charge on any atom is -0.461 e. The number of esters is 1. The van der Waals surface area contributed by atoms with Crippen molar-refractivity contribution in [3.63, 3.8) is 0 Å². The van der Waals surface area contributed by atoms with Gasteiger partial charge in [0.1, 0.15) is 18.1 Å². The number of benzene rings is 2. The fourth-order valence-electron chi connectivity index (χ4n) is 4.79. The Hall–Kier alpha value is -3.43. The molecule has 1 aromatic heterocycles. The highest BCUT2D eigenvalue weighted by Gasteiger charge is 2.45. The Labute approximate surface area is 236 Å². The van der Waals surface area contributed by atoms with Gasteiger partial charge >= 0.3 is 12.1 Å². The van der Waals surface area contributed by atoms with Crippen molar-refractivity contribution in [2.75, 3.05) is 13.2 Å². The Kier molecular flexibility index (Phi) is 9.95. The lowest BCUT2D eigenvalue weighted by molar-refractivity contribution is -0.155. The van der Waals surface area contributed by atoms with E-state index in [2.05, 4.69) is 15.9 Å². The molecule has 2 amide bonds. The fourth-order valence-corrected chi connectivity index (χ4v) is 5.29. The van der Waals surface area contributed by atoms with Gasteiger partial charge in [0, 0.05) is 20.0 Å². The van der Waals surface area contributed by atoms with Crippen LogP contribution in [0.2, 0.25) is 0 Å². The van der Waals surface area contributed by atoms with Crippen LogP contribution in [0.4, 0.5) is 4.79 Å². The summed E-state index contributed by atoms with van der Waals surface area (Å²) in [7, 11) is 0. The summed E-state index contributed by atoms with van der Waals surface area (Å²) in [6.45, 7) is 1.43. The molecule has 0 radical (unpaired) electrons. The monoisotopic (exact) mass is 597 g/mol. The quantitative estimate of drug-likeness (QED) is 0.220. The van der Waals surface area contributed by atoms with E-state index in [-0.39, 0.29) is 19.6 Å². The van der Waals surface area contributed by atoms with Crippen LogP contribution < -0.4 is 0 Å². The smallest absolute Gasteiger partial charge is 0.416 e. The van der Waals surface area contributed by atoms with Crippen LogP contribution >= 0.6 is 15.9 Å². The molecule has 1 fully saturated rings. The van der Waals surface area contributed by atoms with Crippen LogP contribution in [0.15, 0.2) is 75.6 Å². The number of nitrogens with zero attached hydrogens (tertiary/aromatic N) is 1. The summed E-state index contributed by atoms with van der Waals surface area (Å²) in [4.78, 5) is 40.5. The zero-order chi connectivity index (χ0) is 27.8. The second-order valence-corrected chi connectivity index (χ2v) is 10.4. The first kappa shape index (κ1) is 28.6. The summed E-state index contributed by atoms with van der Waals surface area (Å²) in [6, 6.07) is 20.2. The molecule has 1 saturated heterocycles. The summed E-state index contributed by atoms with van der Waals surface area (Å²) in [5.41, 5.74) is 1.81. The fraction of sp³-hybridized carbons (Fsp3) is 0.367. The molecule has 9 heteroatoms. The number of furan rings is 1. The summed E-state index contributed by atoms with van der Waals surface area (Å²) < 4.78 is 17.9. The zero-order valence-corrected chi connectivity index (χ0v) is 23.3. The maximum Gasteiger partial charge on any atom is 0.416 e. The van der Waals surface area contributed by atoms with Crippen LogP contribution in [0.1, 0.15) is 48.5 Å². The highest BCUT2D eigenvalue weighted by atomic mass is 79.9. The number of amides is 2. The van der Waals surface area contributed by atoms with E-state index in [9.17, 15) is 14.4 Å². The Morgan fingerprint density at radius 1 is 1.08 bits per heavy atom. The number of hydrogen-bond donors (Lipinski definition) is 1. The first-order valence-corrected chi connectivity index (χ1v) is 13.8. The molecule has 0 aliphatic carbocycles. The predicted molar refractivity (Wildman–Crippen MR) is 147 cm³/mol. The van der Waals surface area contributed by atoms with E-state index in [0.29, 0.717) is 41.7 Å². The van der Waals surface area contributed by atoms with Gasteiger partial charge in [-0.2, -0.15) is 0 Å². The summed E-state index contributed by atoms with van der Waals surface area (Å²) in [6.07, 6.45) is 0.726. The van der Waals surface area contributed by atoms with Gasteiger partial charge in [-0.25, -0.2) is 9.69 Å². The van der Waals surface area contributed by atoms with Crippen molar-refractivity contribution in [2.24, 2.45) is 5.92 Å². The van der Waals surface area contributed by atoms with Crippen LogP contribution in [-0.2, 0) is 38.3 Å². The number of halogens is 1. The third kappa shape index (κ3) is 7.36. The molecule has 0 unspecified atom stereocenters. The molecule has 0 bridgehead atoms. The van der Waals surface area contributed by atoms with Crippen molar-refractivity contribution in [3.05, 3.63) is 93.9 Å². The van der Waals surface area contributed by atoms with Gasteiger partial charge in [0.05, 0.1) is 16.4 Å². The number of aryl methyl sites for hydroxylation is 1. The molecule has 1 aliphatic rings.